The van der Waals surface area contributed by atoms with E-state index in [1.807, 2.05) is 0 Å². The molecule has 0 aliphatic rings. The highest BCUT2D eigenvalue weighted by Crippen LogP contribution is 2.22. The smallest absolute Gasteiger partial charge is 0.238 e. The van der Waals surface area contributed by atoms with Gasteiger partial charge >= 0.3 is 0 Å². The van der Waals surface area contributed by atoms with Crippen LogP contribution < -0.4 is 10.1 Å². The number of carbonyl (C=O) groups excluding carboxylic acids is 1. The SMILES string of the molecule is O=C(Cc1ccc(F)cc1F)Nc1ccc(Oc2ccc(-n3cccn3)nn2)cc1. The number of carbonyl (C=O) groups is 1. The lowest BCUT2D eigenvalue weighted by molar-refractivity contribution is -0.115. The Balaban J connectivity index is 1.35. The lowest BCUT2D eigenvalue weighted by atomic mass is 10.1. The van der Waals surface area contributed by atoms with Crippen molar-refractivity contribution in [2.75, 3.05) is 5.32 Å². The van der Waals surface area contributed by atoms with Gasteiger partial charge < -0.3 is 10.1 Å². The quantitative estimate of drug-likeness (QED) is 0.524. The minimum Gasteiger partial charge on any atom is -0.438 e. The highest BCUT2D eigenvalue weighted by atomic mass is 19.1. The van der Waals surface area contributed by atoms with Gasteiger partial charge in [-0.3, -0.25) is 4.79 Å². The van der Waals surface area contributed by atoms with Gasteiger partial charge in [0.2, 0.25) is 11.8 Å². The summed E-state index contributed by atoms with van der Waals surface area (Å²) in [5.74, 6) is -0.507. The number of hydrogen-bond acceptors (Lipinski definition) is 5. The number of nitrogens with zero attached hydrogens (tertiary/aromatic N) is 4. The number of ether oxygens (including phenoxy) is 1. The van der Waals surface area contributed by atoms with E-state index in [1.165, 1.54) is 6.07 Å². The zero-order valence-electron chi connectivity index (χ0n) is 15.5. The Labute approximate surface area is 170 Å². The summed E-state index contributed by atoms with van der Waals surface area (Å²) in [6.45, 7) is 0. The zero-order chi connectivity index (χ0) is 20.9. The first-order valence-corrected chi connectivity index (χ1v) is 8.92. The van der Waals surface area contributed by atoms with Crippen molar-refractivity contribution < 1.29 is 18.3 Å². The van der Waals surface area contributed by atoms with Crippen LogP contribution in [0.5, 0.6) is 11.6 Å². The van der Waals surface area contributed by atoms with Crippen LogP contribution in [0.1, 0.15) is 5.56 Å². The number of benzene rings is 2. The maximum atomic E-state index is 13.7. The second-order valence-corrected chi connectivity index (χ2v) is 6.27. The van der Waals surface area contributed by atoms with Crippen molar-refractivity contribution in [3.8, 4) is 17.4 Å². The van der Waals surface area contributed by atoms with Crippen molar-refractivity contribution in [2.24, 2.45) is 0 Å². The molecular weight excluding hydrogens is 392 g/mol. The Hall–Kier alpha value is -4.14. The van der Waals surface area contributed by atoms with E-state index in [0.717, 1.165) is 12.1 Å². The average Bonchev–Trinajstić information content (AvgIpc) is 3.27. The van der Waals surface area contributed by atoms with Gasteiger partial charge in [0.1, 0.15) is 17.4 Å². The van der Waals surface area contributed by atoms with Gasteiger partial charge in [-0.25, -0.2) is 13.5 Å². The molecule has 150 valence electrons. The van der Waals surface area contributed by atoms with Gasteiger partial charge in [-0.15, -0.1) is 10.2 Å². The molecule has 0 atom stereocenters. The molecule has 0 aliphatic heterocycles. The Kier molecular flexibility index (Phi) is 5.42. The maximum absolute atomic E-state index is 13.7. The summed E-state index contributed by atoms with van der Waals surface area (Å²) < 4.78 is 33.8. The number of aromatic nitrogens is 4. The van der Waals surface area contributed by atoms with Crippen molar-refractivity contribution in [2.45, 2.75) is 6.42 Å². The number of anilines is 1. The van der Waals surface area contributed by atoms with Gasteiger partial charge in [0.05, 0.1) is 6.42 Å². The van der Waals surface area contributed by atoms with Crippen LogP contribution in [0.25, 0.3) is 5.82 Å². The molecule has 30 heavy (non-hydrogen) atoms. The number of rotatable bonds is 6. The summed E-state index contributed by atoms with van der Waals surface area (Å²) >= 11 is 0. The fourth-order valence-corrected chi connectivity index (χ4v) is 2.66. The molecule has 0 bridgehead atoms. The molecule has 7 nitrogen and oxygen atoms in total. The number of halogens is 2. The first-order valence-electron chi connectivity index (χ1n) is 8.92. The van der Waals surface area contributed by atoms with Crippen molar-refractivity contribution in [3.63, 3.8) is 0 Å². The molecule has 0 fully saturated rings. The normalized spacial score (nSPS) is 10.6. The number of amides is 1. The summed E-state index contributed by atoms with van der Waals surface area (Å²) in [5.41, 5.74) is 0.626. The summed E-state index contributed by atoms with van der Waals surface area (Å²) in [6, 6.07) is 14.9. The molecule has 1 amide bonds. The van der Waals surface area contributed by atoms with Crippen LogP contribution in [0.3, 0.4) is 0 Å². The first-order chi connectivity index (χ1) is 14.6. The zero-order valence-corrected chi connectivity index (χ0v) is 15.5. The molecule has 0 radical (unpaired) electrons. The third-order valence-electron chi connectivity index (χ3n) is 4.09. The van der Waals surface area contributed by atoms with Crippen LogP contribution in [0.2, 0.25) is 0 Å². The molecule has 2 aromatic heterocycles. The van der Waals surface area contributed by atoms with Gasteiger partial charge in [-0.1, -0.05) is 6.07 Å². The van der Waals surface area contributed by atoms with Crippen LogP contribution in [0.15, 0.2) is 73.1 Å². The van der Waals surface area contributed by atoms with Gasteiger partial charge in [0, 0.05) is 30.2 Å². The number of nitrogens with one attached hydrogen (secondary N) is 1. The second kappa shape index (κ2) is 8.48. The van der Waals surface area contributed by atoms with E-state index in [1.54, 1.807) is 59.5 Å². The largest absolute Gasteiger partial charge is 0.438 e. The Morgan fingerprint density at radius 2 is 1.87 bits per heavy atom. The Morgan fingerprint density at radius 3 is 2.53 bits per heavy atom. The van der Waals surface area contributed by atoms with Gasteiger partial charge in [-0.2, -0.15) is 5.10 Å². The lowest BCUT2D eigenvalue weighted by Crippen LogP contribution is -2.15. The van der Waals surface area contributed by atoms with E-state index in [9.17, 15) is 13.6 Å². The van der Waals surface area contributed by atoms with Crippen LogP contribution in [0.4, 0.5) is 14.5 Å². The molecule has 0 saturated heterocycles. The minimum atomic E-state index is -0.756. The molecule has 0 unspecified atom stereocenters. The molecule has 2 heterocycles. The molecule has 4 rings (SSSR count). The van der Waals surface area contributed by atoms with Crippen molar-refractivity contribution in [1.29, 1.82) is 0 Å². The summed E-state index contributed by atoms with van der Waals surface area (Å²) in [5, 5.41) is 14.8. The summed E-state index contributed by atoms with van der Waals surface area (Å²) in [6.07, 6.45) is 3.19. The summed E-state index contributed by atoms with van der Waals surface area (Å²) in [7, 11) is 0. The molecular formula is C21H15F2N5O2. The van der Waals surface area contributed by atoms with Gasteiger partial charge in [0.25, 0.3) is 0 Å². The van der Waals surface area contributed by atoms with Crippen LogP contribution in [0, 0.1) is 11.6 Å². The molecule has 2 aromatic carbocycles. The molecule has 1 N–H and O–H groups in total. The van der Waals surface area contributed by atoms with E-state index in [4.69, 9.17) is 4.74 Å². The van der Waals surface area contributed by atoms with Crippen molar-refractivity contribution in [1.82, 2.24) is 20.0 Å². The highest BCUT2D eigenvalue weighted by Gasteiger charge is 2.10. The Bertz CT molecular complexity index is 1150. The standard InChI is InChI=1S/C21H15F2N5O2/c22-15-3-2-14(18(23)13-15)12-20(29)25-16-4-6-17(7-5-16)30-21-9-8-19(26-27-21)28-11-1-10-24-28/h1-11,13H,12H2,(H,25,29). The third-order valence-corrected chi connectivity index (χ3v) is 4.09. The van der Waals surface area contributed by atoms with Crippen molar-refractivity contribution >= 4 is 11.6 Å². The van der Waals surface area contributed by atoms with Gasteiger partial charge in [-0.05, 0) is 48.0 Å². The second-order valence-electron chi connectivity index (χ2n) is 6.27. The molecule has 0 aliphatic carbocycles. The average molecular weight is 407 g/mol. The maximum Gasteiger partial charge on any atom is 0.238 e. The van der Waals surface area contributed by atoms with Crippen LogP contribution in [-0.4, -0.2) is 25.9 Å². The lowest BCUT2D eigenvalue weighted by Gasteiger charge is -2.08. The predicted molar refractivity (Wildman–Crippen MR) is 104 cm³/mol. The van der Waals surface area contributed by atoms with Gasteiger partial charge in [0.15, 0.2) is 5.82 Å². The first kappa shape index (κ1) is 19.2. The van der Waals surface area contributed by atoms with E-state index in [2.05, 4.69) is 20.6 Å². The predicted octanol–water partition coefficient (Wildman–Crippen LogP) is 3.91. The fraction of sp³-hybridized carbons (Fsp3) is 0.0476. The summed E-state index contributed by atoms with van der Waals surface area (Å²) in [4.78, 5) is 12.1. The third kappa shape index (κ3) is 4.64. The highest BCUT2D eigenvalue weighted by molar-refractivity contribution is 5.92. The van der Waals surface area contributed by atoms with E-state index in [-0.39, 0.29) is 12.0 Å². The number of hydrogen-bond donors (Lipinski definition) is 1. The van der Waals surface area contributed by atoms with E-state index in [0.29, 0.717) is 23.1 Å². The Morgan fingerprint density at radius 1 is 1.03 bits per heavy atom. The topological polar surface area (TPSA) is 81.9 Å². The molecule has 9 heteroatoms. The van der Waals surface area contributed by atoms with Crippen LogP contribution >= 0.6 is 0 Å². The van der Waals surface area contributed by atoms with E-state index < -0.39 is 17.5 Å². The molecule has 4 aromatic rings. The van der Waals surface area contributed by atoms with E-state index >= 15 is 0 Å². The monoisotopic (exact) mass is 407 g/mol. The van der Waals surface area contributed by atoms with Crippen molar-refractivity contribution in [3.05, 3.63) is 90.3 Å². The van der Waals surface area contributed by atoms with Crippen LogP contribution in [-0.2, 0) is 11.2 Å². The molecule has 0 spiro atoms. The minimum absolute atomic E-state index is 0.117. The molecule has 0 saturated carbocycles. The fourth-order valence-electron chi connectivity index (χ4n) is 2.66.